The molecule has 0 bridgehead atoms. The number of aliphatic carboxylic acids is 2. The molecule has 0 saturated heterocycles. The first-order chi connectivity index (χ1) is 17.1. The monoisotopic (exact) mass is 512 g/mol. The second-order valence-electron chi connectivity index (χ2n) is 15.2. The molecule has 0 aromatic heterocycles. The Kier molecular flexibility index (Phi) is 5.95. The smallest absolute Gasteiger partial charge is 0.309 e. The van der Waals surface area contributed by atoms with Gasteiger partial charge in [0.15, 0.2) is 5.78 Å². The van der Waals surface area contributed by atoms with Gasteiger partial charge in [0.25, 0.3) is 0 Å². The molecule has 0 heterocycles. The summed E-state index contributed by atoms with van der Waals surface area (Å²) in [6.07, 6.45) is 9.53. The average molecular weight is 513 g/mol. The van der Waals surface area contributed by atoms with E-state index in [1.165, 1.54) is 24.8 Å². The van der Waals surface area contributed by atoms with Crippen LogP contribution >= 0.6 is 0 Å². The summed E-state index contributed by atoms with van der Waals surface area (Å²) in [7, 11) is 0. The predicted octanol–water partition coefficient (Wildman–Crippen LogP) is 7.00. The van der Waals surface area contributed by atoms with Crippen LogP contribution in [0.25, 0.3) is 0 Å². The molecule has 4 saturated carbocycles. The number of ketones is 1. The van der Waals surface area contributed by atoms with Crippen molar-refractivity contribution in [3.8, 4) is 0 Å². The van der Waals surface area contributed by atoms with Gasteiger partial charge in [-0.3, -0.25) is 14.4 Å². The minimum Gasteiger partial charge on any atom is -0.481 e. The van der Waals surface area contributed by atoms with Crippen LogP contribution in [0.1, 0.15) is 106 Å². The SMILES string of the molecule is C[C@@H]1CC[C@]2(C)CC[C@]3(C)C(=CC(=O)C4[C@@]5(C)CC[C@@H](CC(=O)O)[C@](C)(C(=O)O)C5CC[C@]43C)C2[C@H]1C. The van der Waals surface area contributed by atoms with Gasteiger partial charge in [-0.2, -0.15) is 0 Å². The third-order valence-electron chi connectivity index (χ3n) is 13.9. The molecule has 3 unspecified atom stereocenters. The van der Waals surface area contributed by atoms with E-state index in [0.29, 0.717) is 24.2 Å². The summed E-state index contributed by atoms with van der Waals surface area (Å²) in [5.74, 6) is -0.845. The second-order valence-corrected chi connectivity index (χ2v) is 15.2. The Morgan fingerprint density at radius 3 is 2.22 bits per heavy atom. The number of carbonyl (C=O) groups excluding carboxylic acids is 1. The van der Waals surface area contributed by atoms with E-state index >= 15 is 0 Å². The van der Waals surface area contributed by atoms with Gasteiger partial charge in [-0.25, -0.2) is 0 Å². The molecule has 0 spiro atoms. The van der Waals surface area contributed by atoms with E-state index in [1.807, 2.05) is 0 Å². The Labute approximate surface area is 222 Å². The van der Waals surface area contributed by atoms with Crippen LogP contribution in [0.5, 0.6) is 0 Å². The highest BCUT2D eigenvalue weighted by Crippen LogP contribution is 2.75. The summed E-state index contributed by atoms with van der Waals surface area (Å²) in [6.45, 7) is 16.0. The quantitative estimate of drug-likeness (QED) is 0.425. The molecule has 5 aliphatic rings. The van der Waals surface area contributed by atoms with Crippen molar-refractivity contribution in [1.29, 1.82) is 0 Å². The van der Waals surface area contributed by atoms with Crippen LogP contribution in [0.15, 0.2) is 11.6 Å². The van der Waals surface area contributed by atoms with Gasteiger partial charge in [-0.05, 0) is 116 Å². The number of rotatable bonds is 3. The topological polar surface area (TPSA) is 91.7 Å². The fourth-order valence-corrected chi connectivity index (χ4v) is 11.3. The van der Waals surface area contributed by atoms with Crippen molar-refractivity contribution in [2.45, 2.75) is 106 Å². The molecule has 37 heavy (non-hydrogen) atoms. The van der Waals surface area contributed by atoms with Crippen LogP contribution in [0.3, 0.4) is 0 Å². The molecule has 5 rings (SSSR count). The minimum absolute atomic E-state index is 0.0768. The average Bonchev–Trinajstić information content (AvgIpc) is 2.79. The van der Waals surface area contributed by atoms with Gasteiger partial charge in [0.2, 0.25) is 0 Å². The summed E-state index contributed by atoms with van der Waals surface area (Å²) in [5, 5.41) is 20.1. The van der Waals surface area contributed by atoms with Gasteiger partial charge in [-0.1, -0.05) is 47.1 Å². The van der Waals surface area contributed by atoms with Crippen molar-refractivity contribution in [2.24, 2.45) is 62.6 Å². The van der Waals surface area contributed by atoms with Crippen LogP contribution < -0.4 is 0 Å². The van der Waals surface area contributed by atoms with E-state index < -0.39 is 28.7 Å². The summed E-state index contributed by atoms with van der Waals surface area (Å²) < 4.78 is 0. The van der Waals surface area contributed by atoms with Gasteiger partial charge in [0.05, 0.1) is 5.41 Å². The maximum Gasteiger partial charge on any atom is 0.309 e. The van der Waals surface area contributed by atoms with Crippen LogP contribution in [0.4, 0.5) is 0 Å². The molecular weight excluding hydrogens is 464 g/mol. The first kappa shape index (κ1) is 26.9. The van der Waals surface area contributed by atoms with Crippen LogP contribution in [0, 0.1) is 62.6 Å². The molecule has 0 amide bonds. The highest BCUT2D eigenvalue weighted by molar-refractivity contribution is 5.96. The molecular formula is C32H48O5. The van der Waals surface area contributed by atoms with Crippen LogP contribution in [0.2, 0.25) is 0 Å². The molecule has 5 nitrogen and oxygen atoms in total. The van der Waals surface area contributed by atoms with E-state index in [9.17, 15) is 24.6 Å². The summed E-state index contributed by atoms with van der Waals surface area (Å²) in [5.41, 5.74) is -0.253. The van der Waals surface area contributed by atoms with Gasteiger partial charge in [0, 0.05) is 12.3 Å². The van der Waals surface area contributed by atoms with E-state index in [1.54, 1.807) is 6.92 Å². The van der Waals surface area contributed by atoms with Crippen LogP contribution in [-0.4, -0.2) is 27.9 Å². The number of hydrogen-bond donors (Lipinski definition) is 2. The molecule has 0 aliphatic heterocycles. The Hall–Kier alpha value is -1.65. The lowest BCUT2D eigenvalue weighted by atomic mass is 9.32. The van der Waals surface area contributed by atoms with E-state index in [2.05, 4.69) is 47.6 Å². The largest absolute Gasteiger partial charge is 0.481 e. The minimum atomic E-state index is -1.14. The lowest BCUT2D eigenvalue weighted by Gasteiger charge is -2.70. The lowest BCUT2D eigenvalue weighted by Crippen LogP contribution is -2.67. The summed E-state index contributed by atoms with van der Waals surface area (Å²) >= 11 is 0. The van der Waals surface area contributed by atoms with Gasteiger partial charge < -0.3 is 10.2 Å². The Bertz CT molecular complexity index is 1060. The number of carboxylic acid groups (broad SMARTS) is 2. The highest BCUT2D eigenvalue weighted by Gasteiger charge is 2.71. The van der Waals surface area contributed by atoms with Gasteiger partial charge >= 0.3 is 11.9 Å². The van der Waals surface area contributed by atoms with Crippen LogP contribution in [-0.2, 0) is 14.4 Å². The Morgan fingerprint density at radius 2 is 1.59 bits per heavy atom. The zero-order valence-electron chi connectivity index (χ0n) is 24.0. The van der Waals surface area contributed by atoms with Crippen molar-refractivity contribution in [3.05, 3.63) is 11.6 Å². The lowest BCUT2D eigenvalue weighted by molar-refractivity contribution is -0.208. The molecule has 0 aromatic carbocycles. The number of carboxylic acids is 2. The molecule has 206 valence electrons. The van der Waals surface area contributed by atoms with E-state index in [0.717, 1.165) is 25.7 Å². The highest BCUT2D eigenvalue weighted by atomic mass is 16.4. The van der Waals surface area contributed by atoms with Gasteiger partial charge in [0.1, 0.15) is 0 Å². The maximum absolute atomic E-state index is 14.4. The summed E-state index contributed by atoms with van der Waals surface area (Å²) in [6, 6.07) is 0. The molecule has 11 atom stereocenters. The Balaban J connectivity index is 1.62. The number of fused-ring (bicyclic) bond motifs is 7. The van der Waals surface area contributed by atoms with Crippen molar-refractivity contribution >= 4 is 17.7 Å². The summed E-state index contributed by atoms with van der Waals surface area (Å²) in [4.78, 5) is 38.9. The zero-order valence-corrected chi connectivity index (χ0v) is 24.0. The first-order valence-corrected chi connectivity index (χ1v) is 14.8. The molecule has 2 N–H and O–H groups in total. The third-order valence-corrected chi connectivity index (χ3v) is 13.9. The zero-order chi connectivity index (χ0) is 27.3. The standard InChI is InChI=1S/C32H48O5/c1-18-8-11-28(3)14-15-30(5)21(25(28)19(18)2)17-22(33)26-29(4)12-9-20(16-24(34)35)32(7,27(36)37)23(29)10-13-31(26,30)6/h17-20,23,25-26H,8-16H2,1-7H3,(H,34,35)(H,36,37)/t18-,19+,20+,23?,25?,26?,28-,29+,30-,31-,32+/m1/s1. The van der Waals surface area contributed by atoms with Gasteiger partial charge in [-0.15, -0.1) is 0 Å². The molecule has 5 aliphatic carbocycles. The number of allylic oxidation sites excluding steroid dienone is 2. The van der Waals surface area contributed by atoms with Crippen molar-refractivity contribution in [1.82, 2.24) is 0 Å². The first-order valence-electron chi connectivity index (χ1n) is 14.8. The number of carbonyl (C=O) groups is 3. The maximum atomic E-state index is 14.4. The molecule has 0 radical (unpaired) electrons. The van der Waals surface area contributed by atoms with E-state index in [4.69, 9.17) is 0 Å². The van der Waals surface area contributed by atoms with Crippen molar-refractivity contribution < 1.29 is 24.6 Å². The third kappa shape index (κ3) is 3.30. The fourth-order valence-electron chi connectivity index (χ4n) is 11.3. The van der Waals surface area contributed by atoms with Crippen molar-refractivity contribution in [2.75, 3.05) is 0 Å². The normalized spacial score (nSPS) is 53.2. The molecule has 4 fully saturated rings. The van der Waals surface area contributed by atoms with E-state index in [-0.39, 0.29) is 40.3 Å². The fraction of sp³-hybridized carbons (Fsp3) is 0.844. The molecule has 5 heteroatoms. The second kappa shape index (κ2) is 8.18. The molecule has 0 aromatic rings. The number of hydrogen-bond acceptors (Lipinski definition) is 3. The predicted molar refractivity (Wildman–Crippen MR) is 143 cm³/mol. The Morgan fingerprint density at radius 1 is 0.919 bits per heavy atom. The van der Waals surface area contributed by atoms with Crippen molar-refractivity contribution in [3.63, 3.8) is 0 Å².